The third-order valence-corrected chi connectivity index (χ3v) is 3.53. The van der Waals surface area contributed by atoms with Crippen LogP contribution in [-0.2, 0) is 6.18 Å². The molecule has 0 amide bonds. The molecule has 0 aliphatic rings. The molecule has 2 aromatic rings. The van der Waals surface area contributed by atoms with E-state index in [1.807, 2.05) is 18.9 Å². The van der Waals surface area contributed by atoms with Gasteiger partial charge >= 0.3 is 6.18 Å². The van der Waals surface area contributed by atoms with Crippen LogP contribution in [0.5, 0.6) is 0 Å². The molecule has 0 fully saturated rings. The minimum atomic E-state index is -4.57. The molecule has 132 valence electrons. The summed E-state index contributed by atoms with van der Waals surface area (Å²) in [5, 5.41) is 0. The molecular weight excluding hydrogens is 338 g/mol. The first kappa shape index (κ1) is 18.6. The van der Waals surface area contributed by atoms with E-state index in [1.165, 1.54) is 6.07 Å². The van der Waals surface area contributed by atoms with Gasteiger partial charge in [0.2, 0.25) is 0 Å². The fraction of sp³-hybridized carbons (Fsp3) is 0.235. The highest BCUT2D eigenvalue weighted by Crippen LogP contribution is 2.29. The van der Waals surface area contributed by atoms with Gasteiger partial charge in [-0.15, -0.1) is 0 Å². The van der Waals surface area contributed by atoms with Crippen molar-refractivity contribution in [1.82, 2.24) is 14.9 Å². The van der Waals surface area contributed by atoms with Crippen molar-refractivity contribution < 1.29 is 22.4 Å². The van der Waals surface area contributed by atoms with E-state index in [2.05, 4.69) is 9.97 Å². The summed E-state index contributed by atoms with van der Waals surface area (Å²) in [6.07, 6.45) is 0.437. The fourth-order valence-electron chi connectivity index (χ4n) is 1.95. The zero-order valence-corrected chi connectivity index (χ0v) is 13.5. The third-order valence-electron chi connectivity index (χ3n) is 3.53. The number of nitrogens with zero attached hydrogens (tertiary/aromatic N) is 3. The molecule has 8 heteroatoms. The van der Waals surface area contributed by atoms with Gasteiger partial charge in [0.15, 0.2) is 12.1 Å². The third kappa shape index (κ3) is 4.40. The lowest BCUT2D eigenvalue weighted by Gasteiger charge is -2.11. The van der Waals surface area contributed by atoms with E-state index in [9.17, 15) is 22.4 Å². The first-order valence-electron chi connectivity index (χ1n) is 7.33. The Labute approximate surface area is 141 Å². The summed E-state index contributed by atoms with van der Waals surface area (Å²) in [7, 11) is 1.82. The maximum Gasteiger partial charge on any atom is 0.419 e. The predicted molar refractivity (Wildman–Crippen MR) is 85.2 cm³/mol. The summed E-state index contributed by atoms with van der Waals surface area (Å²) in [5.41, 5.74) is -0.576. The number of rotatable bonds is 5. The van der Waals surface area contributed by atoms with Crippen LogP contribution < -0.4 is 0 Å². The Bertz CT molecular complexity index is 786. The first-order chi connectivity index (χ1) is 11.8. The van der Waals surface area contributed by atoms with Gasteiger partial charge in [0.1, 0.15) is 5.82 Å². The minimum Gasteiger partial charge on any atom is -0.381 e. The molecule has 0 spiro atoms. The van der Waals surface area contributed by atoms with Crippen molar-refractivity contribution in [3.05, 3.63) is 53.2 Å². The molecule has 0 bridgehead atoms. The molecule has 1 aromatic carbocycles. The average Bonchev–Trinajstić information content (AvgIpc) is 2.59. The van der Waals surface area contributed by atoms with Crippen molar-refractivity contribution in [2.75, 3.05) is 13.6 Å². The van der Waals surface area contributed by atoms with E-state index >= 15 is 0 Å². The monoisotopic (exact) mass is 353 g/mol. The molecule has 25 heavy (non-hydrogen) atoms. The summed E-state index contributed by atoms with van der Waals surface area (Å²) >= 11 is 0. The lowest BCUT2D eigenvalue weighted by atomic mass is 10.0. The van der Waals surface area contributed by atoms with Gasteiger partial charge in [-0.05, 0) is 36.9 Å². The quantitative estimate of drug-likeness (QED) is 0.601. The summed E-state index contributed by atoms with van der Waals surface area (Å²) in [4.78, 5) is 20.1. The Morgan fingerprint density at radius 2 is 1.80 bits per heavy atom. The van der Waals surface area contributed by atoms with Gasteiger partial charge in [0.05, 0.1) is 11.1 Å². The molecule has 0 unspecified atom stereocenters. The second-order valence-electron chi connectivity index (χ2n) is 5.26. The van der Waals surface area contributed by atoms with Gasteiger partial charge in [0, 0.05) is 31.5 Å². The molecule has 0 atom stereocenters. The second-order valence-corrected chi connectivity index (χ2v) is 5.26. The van der Waals surface area contributed by atoms with Crippen molar-refractivity contribution in [3.8, 4) is 11.4 Å². The van der Waals surface area contributed by atoms with E-state index in [4.69, 9.17) is 0 Å². The largest absolute Gasteiger partial charge is 0.419 e. The van der Waals surface area contributed by atoms with Gasteiger partial charge in [0.25, 0.3) is 0 Å². The van der Waals surface area contributed by atoms with Gasteiger partial charge in [-0.2, -0.15) is 13.2 Å². The van der Waals surface area contributed by atoms with Crippen molar-refractivity contribution in [2.24, 2.45) is 0 Å². The number of hydrogen-bond donors (Lipinski definition) is 0. The zero-order chi connectivity index (χ0) is 18.6. The van der Waals surface area contributed by atoms with Gasteiger partial charge in [-0.1, -0.05) is 0 Å². The van der Waals surface area contributed by atoms with Crippen LogP contribution in [0.15, 0.2) is 30.7 Å². The second kappa shape index (κ2) is 7.42. The number of halogens is 4. The average molecular weight is 353 g/mol. The molecule has 1 aromatic heterocycles. The molecule has 2 rings (SSSR count). The highest BCUT2D eigenvalue weighted by atomic mass is 19.4. The van der Waals surface area contributed by atoms with E-state index in [0.717, 1.165) is 12.6 Å². The number of hydrogen-bond acceptors (Lipinski definition) is 4. The van der Waals surface area contributed by atoms with Crippen molar-refractivity contribution in [1.29, 1.82) is 0 Å². The number of carbonyl (C=O) groups is 1. The van der Waals surface area contributed by atoms with Crippen LogP contribution >= 0.6 is 0 Å². The maximum atomic E-state index is 14.2. The Hall–Kier alpha value is -2.77. The zero-order valence-electron chi connectivity index (χ0n) is 13.5. The molecule has 0 saturated heterocycles. The van der Waals surface area contributed by atoms with Gasteiger partial charge in [-0.3, -0.25) is 4.79 Å². The van der Waals surface area contributed by atoms with E-state index in [1.54, 1.807) is 12.3 Å². The highest BCUT2D eigenvalue weighted by Gasteiger charge is 2.31. The van der Waals surface area contributed by atoms with Crippen LogP contribution in [0, 0.1) is 5.82 Å². The Kier molecular flexibility index (Phi) is 5.51. The Balaban J connectivity index is 2.47. The molecule has 1 heterocycles. The smallest absolute Gasteiger partial charge is 0.381 e. The van der Waals surface area contributed by atoms with E-state index in [-0.39, 0.29) is 17.0 Å². The minimum absolute atomic E-state index is 0.0851. The molecule has 0 saturated carbocycles. The summed E-state index contributed by atoms with van der Waals surface area (Å²) in [6.45, 7) is 2.65. The molecule has 0 radical (unpaired) electrons. The Morgan fingerprint density at radius 3 is 2.32 bits per heavy atom. The van der Waals surface area contributed by atoms with E-state index in [0.29, 0.717) is 24.2 Å². The van der Waals surface area contributed by atoms with Gasteiger partial charge < -0.3 is 4.90 Å². The first-order valence-corrected chi connectivity index (χ1v) is 7.33. The van der Waals surface area contributed by atoms with Crippen molar-refractivity contribution in [3.63, 3.8) is 0 Å². The number of aldehydes is 1. The number of alkyl halides is 3. The fourth-order valence-corrected chi connectivity index (χ4v) is 1.95. The number of benzene rings is 1. The highest BCUT2D eigenvalue weighted by molar-refractivity contribution is 5.83. The van der Waals surface area contributed by atoms with E-state index < -0.39 is 17.6 Å². The lowest BCUT2D eigenvalue weighted by Crippen LogP contribution is -2.08. The molecule has 4 nitrogen and oxygen atoms in total. The molecule has 0 aliphatic heterocycles. The van der Waals surface area contributed by atoms with Crippen LogP contribution in [0.1, 0.15) is 28.4 Å². The molecular formula is C17H15F4N3O. The van der Waals surface area contributed by atoms with Crippen LogP contribution in [0.25, 0.3) is 17.5 Å². The summed E-state index contributed by atoms with van der Waals surface area (Å²) in [5.74, 6) is -0.982. The topological polar surface area (TPSA) is 46.1 Å². The molecule has 0 N–H and O–H groups in total. The van der Waals surface area contributed by atoms with Gasteiger partial charge in [-0.25, -0.2) is 14.4 Å². The SMILES string of the molecule is CCN(C)/C=C\c1cc(-c2ncc(C(F)(F)F)cn2)c(F)cc1C=O. The maximum absolute atomic E-state index is 14.2. The van der Waals surface area contributed by atoms with Crippen LogP contribution in [0.3, 0.4) is 0 Å². The van der Waals surface area contributed by atoms with Crippen LogP contribution in [-0.4, -0.2) is 34.7 Å². The normalized spacial score (nSPS) is 11.8. The molecule has 0 aliphatic carbocycles. The van der Waals surface area contributed by atoms with Crippen molar-refractivity contribution in [2.45, 2.75) is 13.1 Å². The standard InChI is InChI=1S/C17H15F4N3O/c1-3-24(2)5-4-11-6-14(15(18)7-12(11)10-25)16-22-8-13(9-23-16)17(19,20)21/h4-10H,3H2,1-2H3/b5-4-. The Morgan fingerprint density at radius 1 is 1.16 bits per heavy atom. The van der Waals surface area contributed by atoms with Crippen LogP contribution in [0.2, 0.25) is 0 Å². The van der Waals surface area contributed by atoms with Crippen molar-refractivity contribution >= 4 is 12.4 Å². The lowest BCUT2D eigenvalue weighted by molar-refractivity contribution is -0.138. The summed E-state index contributed by atoms with van der Waals surface area (Å²) < 4.78 is 51.9. The summed E-state index contributed by atoms with van der Waals surface area (Å²) in [6, 6.07) is 2.34. The van der Waals surface area contributed by atoms with Crippen LogP contribution in [0.4, 0.5) is 17.6 Å². The number of carbonyl (C=O) groups excluding carboxylic acids is 1. The predicted octanol–water partition coefficient (Wildman–Crippen LogP) is 4.04. The number of aromatic nitrogens is 2.